The van der Waals surface area contributed by atoms with Gasteiger partial charge in [0.25, 0.3) is 0 Å². The van der Waals surface area contributed by atoms with Crippen LogP contribution < -0.4 is 4.74 Å². The van der Waals surface area contributed by atoms with Crippen LogP contribution in [0.4, 0.5) is 0 Å². The van der Waals surface area contributed by atoms with Crippen molar-refractivity contribution >= 4 is 17.5 Å². The monoisotopic (exact) mass is 397 g/mol. The van der Waals surface area contributed by atoms with Gasteiger partial charge < -0.3 is 14.2 Å². The fourth-order valence-electron chi connectivity index (χ4n) is 3.49. The van der Waals surface area contributed by atoms with Crippen LogP contribution in [0.3, 0.4) is 0 Å². The van der Waals surface area contributed by atoms with Gasteiger partial charge in [-0.1, -0.05) is 53.2 Å². The second kappa shape index (κ2) is 8.02. The van der Waals surface area contributed by atoms with Gasteiger partial charge in [-0.15, -0.1) is 0 Å². The van der Waals surface area contributed by atoms with Crippen molar-refractivity contribution in [2.75, 3.05) is 13.7 Å². The molecular weight excluding hydrogens is 378 g/mol. The first-order chi connectivity index (χ1) is 13.7. The molecule has 0 unspecified atom stereocenters. The predicted molar refractivity (Wildman–Crippen MR) is 105 cm³/mol. The van der Waals surface area contributed by atoms with Crippen LogP contribution in [-0.2, 0) is 11.2 Å². The van der Waals surface area contributed by atoms with Crippen molar-refractivity contribution in [3.05, 3.63) is 65.0 Å². The van der Waals surface area contributed by atoms with Crippen LogP contribution in [0, 0.1) is 0 Å². The van der Waals surface area contributed by atoms with E-state index in [1.165, 1.54) is 0 Å². The number of methoxy groups -OCH3 is 1. The van der Waals surface area contributed by atoms with Gasteiger partial charge in [0.15, 0.2) is 0 Å². The minimum Gasteiger partial charge on any atom is -0.495 e. The number of halogens is 1. The molecule has 1 saturated heterocycles. The zero-order chi connectivity index (χ0) is 19.5. The zero-order valence-electron chi connectivity index (χ0n) is 15.5. The van der Waals surface area contributed by atoms with E-state index in [4.69, 9.17) is 20.9 Å². The fourth-order valence-corrected chi connectivity index (χ4v) is 3.77. The number of ether oxygens (including phenoxy) is 1. The van der Waals surface area contributed by atoms with Crippen molar-refractivity contribution in [3.8, 4) is 17.1 Å². The number of hydrogen-bond acceptors (Lipinski definition) is 5. The van der Waals surface area contributed by atoms with Crippen LogP contribution >= 0.6 is 11.6 Å². The Kier molecular flexibility index (Phi) is 5.30. The molecule has 0 bridgehead atoms. The summed E-state index contributed by atoms with van der Waals surface area (Å²) < 4.78 is 10.7. The highest BCUT2D eigenvalue weighted by Crippen LogP contribution is 2.33. The molecule has 0 N–H and O–H groups in total. The fraction of sp³-hybridized carbons (Fsp3) is 0.286. The highest BCUT2D eigenvalue weighted by atomic mass is 35.5. The van der Waals surface area contributed by atoms with Crippen molar-refractivity contribution in [2.45, 2.75) is 25.3 Å². The second-order valence-corrected chi connectivity index (χ2v) is 7.12. The van der Waals surface area contributed by atoms with Crippen molar-refractivity contribution in [1.29, 1.82) is 0 Å². The number of amides is 1. The Morgan fingerprint density at radius 3 is 2.86 bits per heavy atom. The molecule has 2 heterocycles. The van der Waals surface area contributed by atoms with Gasteiger partial charge in [-0.05, 0) is 30.5 Å². The Morgan fingerprint density at radius 2 is 2.11 bits per heavy atom. The third-order valence-corrected chi connectivity index (χ3v) is 5.20. The Balaban J connectivity index is 1.50. The highest BCUT2D eigenvalue weighted by Gasteiger charge is 2.34. The highest BCUT2D eigenvalue weighted by molar-refractivity contribution is 6.32. The minimum absolute atomic E-state index is 0.0168. The van der Waals surface area contributed by atoms with Crippen LogP contribution in [0.1, 0.15) is 30.3 Å². The van der Waals surface area contributed by atoms with Crippen molar-refractivity contribution < 1.29 is 14.1 Å². The first-order valence-corrected chi connectivity index (χ1v) is 9.54. The SMILES string of the molecule is COc1ccc(CC(=O)N2CCC[C@@H]2c2nc(-c3ccccc3)no2)cc1Cl. The molecule has 2 aromatic carbocycles. The quantitative estimate of drug-likeness (QED) is 0.641. The lowest BCUT2D eigenvalue weighted by atomic mass is 10.1. The average molecular weight is 398 g/mol. The molecule has 6 nitrogen and oxygen atoms in total. The topological polar surface area (TPSA) is 68.5 Å². The van der Waals surface area contributed by atoms with E-state index in [0.717, 1.165) is 24.0 Å². The molecule has 144 valence electrons. The summed E-state index contributed by atoms with van der Waals surface area (Å²) in [5, 5.41) is 4.58. The molecule has 1 fully saturated rings. The van der Waals surface area contributed by atoms with Crippen molar-refractivity contribution in [3.63, 3.8) is 0 Å². The molecule has 4 rings (SSSR count). The first-order valence-electron chi connectivity index (χ1n) is 9.16. The number of rotatable bonds is 5. The normalized spacial score (nSPS) is 16.4. The third-order valence-electron chi connectivity index (χ3n) is 4.90. The third kappa shape index (κ3) is 3.73. The summed E-state index contributed by atoms with van der Waals surface area (Å²) in [6.07, 6.45) is 1.98. The molecule has 0 saturated carbocycles. The molecule has 1 aliphatic rings. The number of benzene rings is 2. The molecule has 28 heavy (non-hydrogen) atoms. The smallest absolute Gasteiger partial charge is 0.249 e. The minimum atomic E-state index is -0.189. The predicted octanol–water partition coefficient (Wildman–Crippen LogP) is 4.30. The van der Waals surface area contributed by atoms with Gasteiger partial charge in [-0.25, -0.2) is 0 Å². The van der Waals surface area contributed by atoms with Gasteiger partial charge in [-0.3, -0.25) is 4.79 Å². The van der Waals surface area contributed by atoms with E-state index in [9.17, 15) is 4.79 Å². The molecule has 0 aliphatic carbocycles. The van der Waals surface area contributed by atoms with E-state index < -0.39 is 0 Å². The maximum Gasteiger partial charge on any atom is 0.249 e. The number of aromatic nitrogens is 2. The van der Waals surface area contributed by atoms with Crippen LogP contribution in [-0.4, -0.2) is 34.6 Å². The van der Waals surface area contributed by atoms with Gasteiger partial charge in [-0.2, -0.15) is 4.98 Å². The number of nitrogens with zero attached hydrogens (tertiary/aromatic N) is 3. The van der Waals surface area contributed by atoms with Crippen LogP contribution in [0.5, 0.6) is 5.75 Å². The van der Waals surface area contributed by atoms with Gasteiger partial charge in [0, 0.05) is 12.1 Å². The van der Waals surface area contributed by atoms with Gasteiger partial charge >= 0.3 is 0 Å². The molecule has 7 heteroatoms. The Bertz CT molecular complexity index is 974. The molecule has 1 aliphatic heterocycles. The van der Waals surface area contributed by atoms with Gasteiger partial charge in [0.2, 0.25) is 17.6 Å². The summed E-state index contributed by atoms with van der Waals surface area (Å²) in [6.45, 7) is 0.677. The second-order valence-electron chi connectivity index (χ2n) is 6.71. The molecule has 1 atom stereocenters. The summed E-state index contributed by atoms with van der Waals surface area (Å²) in [5.74, 6) is 1.63. The van der Waals surface area contributed by atoms with E-state index in [1.54, 1.807) is 19.2 Å². The Morgan fingerprint density at radius 1 is 1.29 bits per heavy atom. The van der Waals surface area contributed by atoms with E-state index in [-0.39, 0.29) is 18.4 Å². The largest absolute Gasteiger partial charge is 0.495 e. The summed E-state index contributed by atoms with van der Waals surface area (Å²) in [7, 11) is 1.56. The molecule has 0 radical (unpaired) electrons. The van der Waals surface area contributed by atoms with E-state index in [2.05, 4.69) is 10.1 Å². The Labute approximate surface area is 168 Å². The van der Waals surface area contributed by atoms with E-state index in [0.29, 0.717) is 29.0 Å². The lowest BCUT2D eigenvalue weighted by Crippen LogP contribution is -2.32. The maximum atomic E-state index is 12.9. The average Bonchev–Trinajstić information content (AvgIpc) is 3.38. The molecule has 3 aromatic rings. The maximum absolute atomic E-state index is 12.9. The van der Waals surface area contributed by atoms with Crippen molar-refractivity contribution in [2.24, 2.45) is 0 Å². The lowest BCUT2D eigenvalue weighted by molar-refractivity contribution is -0.131. The molecular formula is C21H20ClN3O3. The standard InChI is InChI=1S/C21H20ClN3O3/c1-27-18-10-9-14(12-16(18)22)13-19(26)25-11-5-8-17(25)21-23-20(24-28-21)15-6-3-2-4-7-15/h2-4,6-7,9-10,12,17H,5,8,11,13H2,1H3/t17-/m1/s1. The number of carbonyl (C=O) groups excluding carboxylic acids is 1. The number of carbonyl (C=O) groups is 1. The Hall–Kier alpha value is -2.86. The zero-order valence-corrected chi connectivity index (χ0v) is 16.2. The summed E-state index contributed by atoms with van der Waals surface area (Å²) in [6, 6.07) is 14.9. The van der Waals surface area contributed by atoms with Gasteiger partial charge in [0.1, 0.15) is 11.8 Å². The van der Waals surface area contributed by atoms with Crippen LogP contribution in [0.15, 0.2) is 53.1 Å². The van der Waals surface area contributed by atoms with Crippen molar-refractivity contribution in [1.82, 2.24) is 15.0 Å². The van der Waals surface area contributed by atoms with Crippen LogP contribution in [0.2, 0.25) is 5.02 Å². The molecule has 1 amide bonds. The number of likely N-dealkylation sites (tertiary alicyclic amines) is 1. The molecule has 1 aromatic heterocycles. The molecule has 0 spiro atoms. The van der Waals surface area contributed by atoms with E-state index in [1.807, 2.05) is 41.3 Å². The lowest BCUT2D eigenvalue weighted by Gasteiger charge is -2.22. The number of hydrogen-bond donors (Lipinski definition) is 0. The first kappa shape index (κ1) is 18.5. The summed E-state index contributed by atoms with van der Waals surface area (Å²) in [5.41, 5.74) is 1.73. The summed E-state index contributed by atoms with van der Waals surface area (Å²) >= 11 is 6.18. The summed E-state index contributed by atoms with van der Waals surface area (Å²) in [4.78, 5) is 19.3. The van der Waals surface area contributed by atoms with E-state index >= 15 is 0 Å². The van der Waals surface area contributed by atoms with Gasteiger partial charge in [0.05, 0.1) is 18.6 Å². The van der Waals surface area contributed by atoms with Crippen LogP contribution in [0.25, 0.3) is 11.4 Å².